The Morgan fingerprint density at radius 2 is 1.82 bits per heavy atom. The van der Waals surface area contributed by atoms with E-state index in [0.717, 1.165) is 18.4 Å². The molecular formula is C33H35FN2O4. The number of ether oxygens (including phenoxy) is 2. The lowest BCUT2D eigenvalue weighted by Gasteiger charge is -2.18. The Balaban J connectivity index is 1.73. The Bertz CT molecular complexity index is 1420. The third-order valence-electron chi connectivity index (χ3n) is 6.65. The minimum Gasteiger partial charge on any atom is -0.484 e. The second kappa shape index (κ2) is 13.2. The normalized spacial score (nSPS) is 15.4. The van der Waals surface area contributed by atoms with Gasteiger partial charge in [-0.15, -0.1) is 0 Å². The van der Waals surface area contributed by atoms with Crippen molar-refractivity contribution in [3.8, 4) is 34.5 Å². The maximum Gasteiger partial charge on any atom is 0.251 e. The van der Waals surface area contributed by atoms with Crippen LogP contribution >= 0.6 is 0 Å². The number of halogens is 1. The first-order valence-corrected chi connectivity index (χ1v) is 13.6. The van der Waals surface area contributed by atoms with Crippen molar-refractivity contribution in [2.45, 2.75) is 45.6 Å². The van der Waals surface area contributed by atoms with E-state index < -0.39 is 12.0 Å². The number of rotatable bonds is 9. The van der Waals surface area contributed by atoms with Gasteiger partial charge in [-0.05, 0) is 65.9 Å². The zero-order valence-electron chi connectivity index (χ0n) is 23.3. The second-order valence-corrected chi connectivity index (χ2v) is 10.1. The molecule has 0 saturated carbocycles. The SMILES string of the molecule is CCCC#CCOc1ccc(C(=O)NCC(C)C)cc1-c1ccc2c(c1)C(C(=O)NC)C(c1ccc(F)cc1)O2. The molecule has 0 spiro atoms. The van der Waals surface area contributed by atoms with Crippen molar-refractivity contribution in [2.24, 2.45) is 5.92 Å². The van der Waals surface area contributed by atoms with Crippen LogP contribution in [0.4, 0.5) is 4.39 Å². The minimum atomic E-state index is -0.646. The summed E-state index contributed by atoms with van der Waals surface area (Å²) in [4.78, 5) is 26.0. The third kappa shape index (κ3) is 6.63. The molecule has 0 aromatic heterocycles. The number of benzene rings is 3. The molecule has 3 aromatic carbocycles. The van der Waals surface area contributed by atoms with Crippen LogP contribution in [-0.4, -0.2) is 32.0 Å². The van der Waals surface area contributed by atoms with Gasteiger partial charge in [-0.25, -0.2) is 4.39 Å². The molecule has 2 atom stereocenters. The van der Waals surface area contributed by atoms with Gasteiger partial charge in [0.2, 0.25) is 5.91 Å². The number of carbonyl (C=O) groups excluding carboxylic acids is 2. The number of hydrogen-bond acceptors (Lipinski definition) is 4. The van der Waals surface area contributed by atoms with E-state index in [2.05, 4.69) is 29.4 Å². The Labute approximate surface area is 235 Å². The van der Waals surface area contributed by atoms with Gasteiger partial charge in [0.25, 0.3) is 5.91 Å². The Morgan fingerprint density at radius 1 is 1.05 bits per heavy atom. The third-order valence-corrected chi connectivity index (χ3v) is 6.65. The molecule has 3 aromatic rings. The molecule has 1 aliphatic heterocycles. The molecule has 2 N–H and O–H groups in total. The number of hydrogen-bond donors (Lipinski definition) is 2. The summed E-state index contributed by atoms with van der Waals surface area (Å²) in [5.74, 6) is 6.20. The Kier molecular flexibility index (Phi) is 9.44. The van der Waals surface area contributed by atoms with Gasteiger partial charge >= 0.3 is 0 Å². The molecule has 7 heteroatoms. The maximum atomic E-state index is 13.6. The van der Waals surface area contributed by atoms with Crippen LogP contribution in [0.3, 0.4) is 0 Å². The number of carbonyl (C=O) groups is 2. The maximum absolute atomic E-state index is 13.6. The molecule has 2 amide bonds. The first-order chi connectivity index (χ1) is 19.3. The van der Waals surface area contributed by atoms with Crippen molar-refractivity contribution in [3.63, 3.8) is 0 Å². The first kappa shape index (κ1) is 28.7. The molecule has 0 saturated heterocycles. The van der Waals surface area contributed by atoms with E-state index >= 15 is 0 Å². The van der Waals surface area contributed by atoms with Crippen molar-refractivity contribution < 1.29 is 23.5 Å². The van der Waals surface area contributed by atoms with E-state index in [1.807, 2.05) is 32.0 Å². The first-order valence-electron chi connectivity index (χ1n) is 13.6. The number of nitrogens with one attached hydrogen (secondary N) is 2. The second-order valence-electron chi connectivity index (χ2n) is 10.1. The summed E-state index contributed by atoms with van der Waals surface area (Å²) in [6, 6.07) is 16.9. The van der Waals surface area contributed by atoms with Gasteiger partial charge in [0.15, 0.2) is 0 Å². The molecule has 208 valence electrons. The lowest BCUT2D eigenvalue weighted by atomic mass is 9.88. The number of amides is 2. The van der Waals surface area contributed by atoms with Gasteiger partial charge in [0, 0.05) is 36.7 Å². The average Bonchev–Trinajstić information content (AvgIpc) is 3.34. The summed E-state index contributed by atoms with van der Waals surface area (Å²) in [5, 5.41) is 5.70. The van der Waals surface area contributed by atoms with E-state index in [-0.39, 0.29) is 24.2 Å². The van der Waals surface area contributed by atoms with Crippen molar-refractivity contribution >= 4 is 11.8 Å². The van der Waals surface area contributed by atoms with Crippen molar-refractivity contribution in [3.05, 3.63) is 83.2 Å². The van der Waals surface area contributed by atoms with Crippen LogP contribution < -0.4 is 20.1 Å². The molecule has 1 aliphatic rings. The summed E-state index contributed by atoms with van der Waals surface area (Å²) < 4.78 is 25.8. The number of unbranched alkanes of at least 4 members (excludes halogenated alkanes) is 1. The topological polar surface area (TPSA) is 76.7 Å². The zero-order valence-corrected chi connectivity index (χ0v) is 23.3. The largest absolute Gasteiger partial charge is 0.484 e. The fourth-order valence-electron chi connectivity index (χ4n) is 4.58. The molecule has 2 unspecified atom stereocenters. The summed E-state index contributed by atoms with van der Waals surface area (Å²) >= 11 is 0. The molecule has 1 heterocycles. The van der Waals surface area contributed by atoms with Gasteiger partial charge in [0.05, 0.1) is 0 Å². The highest BCUT2D eigenvalue weighted by atomic mass is 19.1. The predicted molar refractivity (Wildman–Crippen MR) is 154 cm³/mol. The van der Waals surface area contributed by atoms with E-state index in [9.17, 15) is 14.0 Å². The molecule has 0 radical (unpaired) electrons. The summed E-state index contributed by atoms with van der Waals surface area (Å²) in [7, 11) is 1.58. The van der Waals surface area contributed by atoms with Crippen molar-refractivity contribution in [2.75, 3.05) is 20.2 Å². The van der Waals surface area contributed by atoms with Crippen LogP contribution in [0, 0.1) is 23.6 Å². The quantitative estimate of drug-likeness (QED) is 0.324. The van der Waals surface area contributed by atoms with Crippen LogP contribution in [0.5, 0.6) is 11.5 Å². The number of likely N-dealkylation sites (N-methyl/N-ethyl adjacent to an activating group) is 1. The molecule has 0 fully saturated rings. The predicted octanol–water partition coefficient (Wildman–Crippen LogP) is 6.02. The van der Waals surface area contributed by atoms with Gasteiger partial charge in [-0.3, -0.25) is 9.59 Å². The molecule has 40 heavy (non-hydrogen) atoms. The molecule has 6 nitrogen and oxygen atoms in total. The minimum absolute atomic E-state index is 0.173. The van der Waals surface area contributed by atoms with Crippen molar-refractivity contribution in [1.29, 1.82) is 0 Å². The van der Waals surface area contributed by atoms with E-state index in [1.54, 1.807) is 37.4 Å². The van der Waals surface area contributed by atoms with Gasteiger partial charge < -0.3 is 20.1 Å². The van der Waals surface area contributed by atoms with Gasteiger partial charge in [-0.1, -0.05) is 50.8 Å². The van der Waals surface area contributed by atoms with E-state index in [1.165, 1.54) is 12.1 Å². The van der Waals surface area contributed by atoms with Crippen molar-refractivity contribution in [1.82, 2.24) is 10.6 Å². The number of fused-ring (bicyclic) bond motifs is 1. The fourth-order valence-corrected chi connectivity index (χ4v) is 4.58. The zero-order chi connectivity index (χ0) is 28.6. The molecule has 4 rings (SSSR count). The summed E-state index contributed by atoms with van der Waals surface area (Å²) in [5.41, 5.74) is 3.38. The van der Waals surface area contributed by atoms with Gasteiger partial charge in [0.1, 0.15) is 35.9 Å². The smallest absolute Gasteiger partial charge is 0.251 e. The van der Waals surface area contributed by atoms with E-state index in [0.29, 0.717) is 46.2 Å². The average molecular weight is 543 g/mol. The fraction of sp³-hybridized carbons (Fsp3) is 0.333. The monoisotopic (exact) mass is 542 g/mol. The lowest BCUT2D eigenvalue weighted by molar-refractivity contribution is -0.123. The lowest BCUT2D eigenvalue weighted by Crippen LogP contribution is -2.28. The van der Waals surface area contributed by atoms with Crippen LogP contribution in [0.15, 0.2) is 60.7 Å². The van der Waals surface area contributed by atoms with Crippen LogP contribution in [0.25, 0.3) is 11.1 Å². The highest BCUT2D eigenvalue weighted by molar-refractivity contribution is 5.96. The summed E-state index contributed by atoms with van der Waals surface area (Å²) in [6.45, 7) is 6.93. The van der Waals surface area contributed by atoms with Crippen LogP contribution in [0.1, 0.15) is 67.1 Å². The standard InChI is InChI=1S/C33H35FN2O4/c1-5-6-7-8-17-39-28-15-12-24(32(37)36-20-21(2)3)19-26(28)23-11-16-29-27(18-23)30(33(38)35-4)31(40-29)22-9-13-25(34)14-10-22/h9-16,18-19,21,30-31H,5-6,17,20H2,1-4H3,(H,35,38)(H,36,37). The highest BCUT2D eigenvalue weighted by Gasteiger charge is 2.40. The van der Waals surface area contributed by atoms with Crippen LogP contribution in [-0.2, 0) is 4.79 Å². The summed E-state index contributed by atoms with van der Waals surface area (Å²) in [6.07, 6.45) is 1.16. The van der Waals surface area contributed by atoms with Crippen LogP contribution in [0.2, 0.25) is 0 Å². The van der Waals surface area contributed by atoms with Gasteiger partial charge in [-0.2, -0.15) is 0 Å². The molecular weight excluding hydrogens is 507 g/mol. The van der Waals surface area contributed by atoms with E-state index in [4.69, 9.17) is 9.47 Å². The highest BCUT2D eigenvalue weighted by Crippen LogP contribution is 2.48. The Morgan fingerprint density at radius 3 is 2.52 bits per heavy atom. The molecule has 0 aliphatic carbocycles. The Hall–Kier alpha value is -4.31. The molecule has 0 bridgehead atoms.